The number of aryl methyl sites for hydroxylation is 2. The van der Waals surface area contributed by atoms with Crippen LogP contribution in [0.25, 0.3) is 6.08 Å². The molecule has 1 fully saturated rings. The molecule has 10 heteroatoms. The zero-order valence-electron chi connectivity index (χ0n) is 20.8. The molecule has 0 saturated carbocycles. The maximum Gasteiger partial charge on any atom is 0.335 e. The maximum atomic E-state index is 13.1. The summed E-state index contributed by atoms with van der Waals surface area (Å²) in [5, 5.41) is 5.30. The molecule has 0 aliphatic carbocycles. The van der Waals surface area contributed by atoms with E-state index in [2.05, 4.69) is 10.6 Å². The van der Waals surface area contributed by atoms with Crippen molar-refractivity contribution in [2.45, 2.75) is 13.8 Å². The van der Waals surface area contributed by atoms with E-state index in [4.69, 9.17) is 21.1 Å². The Morgan fingerprint density at radius 3 is 2.53 bits per heavy atom. The van der Waals surface area contributed by atoms with Crippen molar-refractivity contribution in [3.8, 4) is 11.5 Å². The summed E-state index contributed by atoms with van der Waals surface area (Å²) in [5.41, 5.74) is 2.85. The molecule has 0 spiro atoms. The summed E-state index contributed by atoms with van der Waals surface area (Å²) in [4.78, 5) is 51.3. The maximum absolute atomic E-state index is 13.1. The number of methoxy groups -OCH3 is 1. The Kier molecular flexibility index (Phi) is 7.78. The highest BCUT2D eigenvalue weighted by Gasteiger charge is 2.37. The monoisotopic (exact) mass is 533 g/mol. The lowest BCUT2D eigenvalue weighted by Crippen LogP contribution is -2.54. The molecule has 38 heavy (non-hydrogen) atoms. The van der Waals surface area contributed by atoms with Crippen LogP contribution in [0.1, 0.15) is 16.7 Å². The number of urea groups is 1. The summed E-state index contributed by atoms with van der Waals surface area (Å²) >= 11 is 6.16. The van der Waals surface area contributed by atoms with Gasteiger partial charge in [-0.15, -0.1) is 0 Å². The van der Waals surface area contributed by atoms with Crippen molar-refractivity contribution in [3.63, 3.8) is 0 Å². The third-order valence-electron chi connectivity index (χ3n) is 5.67. The van der Waals surface area contributed by atoms with E-state index in [1.165, 1.54) is 19.3 Å². The molecular formula is C28H24ClN3O6. The molecule has 0 radical (unpaired) electrons. The molecule has 2 N–H and O–H groups in total. The van der Waals surface area contributed by atoms with Crippen molar-refractivity contribution in [3.05, 3.63) is 87.9 Å². The lowest BCUT2D eigenvalue weighted by molar-refractivity contribution is -0.122. The number of carbonyl (C=O) groups is 4. The van der Waals surface area contributed by atoms with E-state index in [0.29, 0.717) is 22.0 Å². The average Bonchev–Trinajstić information content (AvgIpc) is 2.87. The van der Waals surface area contributed by atoms with Gasteiger partial charge in [0.25, 0.3) is 17.7 Å². The van der Waals surface area contributed by atoms with Crippen molar-refractivity contribution < 1.29 is 28.7 Å². The van der Waals surface area contributed by atoms with E-state index in [1.54, 1.807) is 43.3 Å². The number of benzene rings is 3. The lowest BCUT2D eigenvalue weighted by Gasteiger charge is -2.26. The number of carbonyl (C=O) groups excluding carboxylic acids is 4. The van der Waals surface area contributed by atoms with E-state index in [0.717, 1.165) is 16.0 Å². The molecule has 194 valence electrons. The van der Waals surface area contributed by atoms with Crippen LogP contribution in [0.2, 0.25) is 5.02 Å². The fraction of sp³-hybridized carbons (Fsp3) is 0.143. The first-order valence-corrected chi connectivity index (χ1v) is 11.9. The van der Waals surface area contributed by atoms with E-state index < -0.39 is 17.8 Å². The van der Waals surface area contributed by atoms with Crippen LogP contribution in [0.4, 0.5) is 16.2 Å². The first-order valence-electron chi connectivity index (χ1n) is 11.5. The highest BCUT2D eigenvalue weighted by Crippen LogP contribution is 2.30. The van der Waals surface area contributed by atoms with Gasteiger partial charge in [-0.2, -0.15) is 0 Å². The van der Waals surface area contributed by atoms with E-state index in [1.807, 2.05) is 25.1 Å². The van der Waals surface area contributed by atoms with Crippen LogP contribution >= 0.6 is 11.6 Å². The van der Waals surface area contributed by atoms with Crippen LogP contribution in [0.5, 0.6) is 11.5 Å². The molecule has 1 aliphatic rings. The number of nitrogens with zero attached hydrogens (tertiary/aromatic N) is 1. The smallest absolute Gasteiger partial charge is 0.335 e. The van der Waals surface area contributed by atoms with Gasteiger partial charge in [-0.1, -0.05) is 35.9 Å². The summed E-state index contributed by atoms with van der Waals surface area (Å²) in [6, 6.07) is 15.9. The number of ether oxygens (including phenoxy) is 2. The van der Waals surface area contributed by atoms with Gasteiger partial charge in [-0.05, 0) is 73.0 Å². The Morgan fingerprint density at radius 1 is 1.03 bits per heavy atom. The molecule has 1 saturated heterocycles. The minimum Gasteiger partial charge on any atom is -0.493 e. The summed E-state index contributed by atoms with van der Waals surface area (Å²) in [5.74, 6) is -1.41. The van der Waals surface area contributed by atoms with Crippen LogP contribution < -0.4 is 25.0 Å². The van der Waals surface area contributed by atoms with E-state index >= 15 is 0 Å². The zero-order valence-corrected chi connectivity index (χ0v) is 21.6. The Bertz CT molecular complexity index is 1480. The first-order chi connectivity index (χ1) is 18.2. The molecule has 4 rings (SSSR count). The van der Waals surface area contributed by atoms with Gasteiger partial charge in [0, 0.05) is 10.7 Å². The number of anilines is 2. The van der Waals surface area contributed by atoms with Crippen molar-refractivity contribution >= 4 is 52.8 Å². The third-order valence-corrected chi connectivity index (χ3v) is 6.08. The van der Waals surface area contributed by atoms with Gasteiger partial charge < -0.3 is 14.8 Å². The second-order valence-electron chi connectivity index (χ2n) is 8.51. The Morgan fingerprint density at radius 2 is 1.82 bits per heavy atom. The van der Waals surface area contributed by atoms with Gasteiger partial charge in [-0.25, -0.2) is 9.69 Å². The summed E-state index contributed by atoms with van der Waals surface area (Å²) < 4.78 is 11.0. The van der Waals surface area contributed by atoms with Gasteiger partial charge in [0.15, 0.2) is 18.1 Å². The predicted molar refractivity (Wildman–Crippen MR) is 143 cm³/mol. The van der Waals surface area contributed by atoms with Gasteiger partial charge in [0.2, 0.25) is 0 Å². The van der Waals surface area contributed by atoms with Gasteiger partial charge in [0.05, 0.1) is 12.8 Å². The molecular weight excluding hydrogens is 510 g/mol. The fourth-order valence-electron chi connectivity index (χ4n) is 3.74. The van der Waals surface area contributed by atoms with Crippen molar-refractivity contribution in [2.24, 2.45) is 0 Å². The van der Waals surface area contributed by atoms with Gasteiger partial charge in [0.1, 0.15) is 5.57 Å². The normalized spacial score (nSPS) is 14.4. The van der Waals surface area contributed by atoms with E-state index in [9.17, 15) is 19.2 Å². The van der Waals surface area contributed by atoms with Crippen molar-refractivity contribution in [2.75, 3.05) is 23.9 Å². The molecule has 5 amide bonds. The molecule has 0 aromatic heterocycles. The zero-order chi connectivity index (χ0) is 27.4. The average molecular weight is 534 g/mol. The van der Waals surface area contributed by atoms with Crippen LogP contribution in [0.3, 0.4) is 0 Å². The number of rotatable bonds is 7. The first kappa shape index (κ1) is 26.4. The van der Waals surface area contributed by atoms with Crippen LogP contribution in [-0.4, -0.2) is 37.5 Å². The lowest BCUT2D eigenvalue weighted by atomic mass is 10.1. The molecule has 3 aromatic rings. The quantitative estimate of drug-likeness (QED) is 0.337. The minimum absolute atomic E-state index is 0.228. The fourth-order valence-corrected chi connectivity index (χ4v) is 3.91. The standard InChI is InChI=1S/C28H24ClN3O6/c1-16-5-4-6-19(11-16)30-25(33)15-38-23-10-8-18(13-24(23)37-3)12-21-26(34)31-28(36)32(27(21)35)20-9-7-17(2)22(29)14-20/h4-14H,15H2,1-3H3,(H,30,33)(H,31,34,36)/b21-12-. The van der Waals surface area contributed by atoms with Gasteiger partial charge in [-0.3, -0.25) is 19.7 Å². The highest BCUT2D eigenvalue weighted by molar-refractivity contribution is 6.39. The molecule has 1 aliphatic heterocycles. The number of imide groups is 2. The summed E-state index contributed by atoms with van der Waals surface area (Å²) in [7, 11) is 1.42. The second kappa shape index (κ2) is 11.2. The van der Waals surface area contributed by atoms with Crippen LogP contribution in [0.15, 0.2) is 66.2 Å². The Labute approximate surface area is 224 Å². The number of barbiturate groups is 1. The molecule has 0 atom stereocenters. The Hall–Kier alpha value is -4.63. The largest absolute Gasteiger partial charge is 0.493 e. The molecule has 0 bridgehead atoms. The highest BCUT2D eigenvalue weighted by atomic mass is 35.5. The van der Waals surface area contributed by atoms with Crippen molar-refractivity contribution in [1.29, 1.82) is 0 Å². The summed E-state index contributed by atoms with van der Waals surface area (Å²) in [6.45, 7) is 3.45. The van der Waals surface area contributed by atoms with E-state index in [-0.39, 0.29) is 29.5 Å². The topological polar surface area (TPSA) is 114 Å². The Balaban J connectivity index is 1.52. The van der Waals surface area contributed by atoms with Crippen LogP contribution in [-0.2, 0) is 14.4 Å². The second-order valence-corrected chi connectivity index (χ2v) is 8.92. The molecule has 1 heterocycles. The molecule has 9 nitrogen and oxygen atoms in total. The third kappa shape index (κ3) is 5.84. The number of hydrogen-bond acceptors (Lipinski definition) is 6. The van der Waals surface area contributed by atoms with Crippen molar-refractivity contribution in [1.82, 2.24) is 5.32 Å². The number of halogens is 1. The predicted octanol–water partition coefficient (Wildman–Crippen LogP) is 4.65. The number of nitrogens with one attached hydrogen (secondary N) is 2. The van der Waals surface area contributed by atoms with Crippen LogP contribution in [0, 0.1) is 13.8 Å². The number of hydrogen-bond donors (Lipinski definition) is 2. The molecule has 0 unspecified atom stereocenters. The summed E-state index contributed by atoms with van der Waals surface area (Å²) in [6.07, 6.45) is 1.34. The SMILES string of the molecule is COc1cc(/C=C2/C(=O)NC(=O)N(c3ccc(C)c(Cl)c3)C2=O)ccc1OCC(=O)Nc1cccc(C)c1. The minimum atomic E-state index is -0.873. The van der Waals surface area contributed by atoms with Gasteiger partial charge >= 0.3 is 6.03 Å². The molecule has 3 aromatic carbocycles. The number of amides is 5.